The first-order chi connectivity index (χ1) is 16.5. The van der Waals surface area contributed by atoms with Crippen LogP contribution >= 0.6 is 11.3 Å². The van der Waals surface area contributed by atoms with Crippen molar-refractivity contribution in [2.75, 3.05) is 31.1 Å². The van der Waals surface area contributed by atoms with Crippen LogP contribution in [0.25, 0.3) is 10.2 Å². The number of thiophene rings is 1. The van der Waals surface area contributed by atoms with Crippen LogP contribution in [0.2, 0.25) is 0 Å². The van der Waals surface area contributed by atoms with E-state index in [0.29, 0.717) is 5.91 Å². The number of hydrogen-bond donors (Lipinski definition) is 0. The standard InChI is InChI=1S/C28H38N4OS/c1-5-7-13-23(6-2)28(33)32-18-16-31(17-19-32)26-25-20(3)21(4)34-27(25)30-24(29-26)15-14-22-11-9-8-10-12-22/h8-12,23H,5-7,13-19H2,1-4H3. The largest absolute Gasteiger partial charge is 0.352 e. The third-order valence-corrected chi connectivity index (χ3v) is 8.28. The maximum absolute atomic E-state index is 13.1. The molecule has 34 heavy (non-hydrogen) atoms. The number of carbonyl (C=O) groups excluding carboxylic acids is 1. The van der Waals surface area contributed by atoms with Crippen molar-refractivity contribution >= 4 is 33.3 Å². The van der Waals surface area contributed by atoms with Gasteiger partial charge in [0.25, 0.3) is 0 Å². The lowest BCUT2D eigenvalue weighted by Crippen LogP contribution is -2.50. The molecular formula is C28H38N4OS. The number of hydrogen-bond acceptors (Lipinski definition) is 5. The van der Waals surface area contributed by atoms with Gasteiger partial charge in [-0.3, -0.25) is 4.79 Å². The zero-order valence-corrected chi connectivity index (χ0v) is 22.0. The van der Waals surface area contributed by atoms with E-state index < -0.39 is 0 Å². The molecule has 1 aliphatic rings. The van der Waals surface area contributed by atoms with Gasteiger partial charge in [0.15, 0.2) is 0 Å². The Balaban J connectivity index is 1.52. The summed E-state index contributed by atoms with van der Waals surface area (Å²) in [4.78, 5) is 30.0. The number of carbonyl (C=O) groups is 1. The summed E-state index contributed by atoms with van der Waals surface area (Å²) in [7, 11) is 0. The molecule has 1 unspecified atom stereocenters. The highest BCUT2D eigenvalue weighted by atomic mass is 32.1. The predicted octanol–water partition coefficient (Wildman–Crippen LogP) is 5.96. The molecule has 182 valence electrons. The zero-order chi connectivity index (χ0) is 24.1. The summed E-state index contributed by atoms with van der Waals surface area (Å²) in [6, 6.07) is 10.6. The summed E-state index contributed by atoms with van der Waals surface area (Å²) >= 11 is 1.77. The van der Waals surface area contributed by atoms with Gasteiger partial charge in [-0.05, 0) is 44.2 Å². The van der Waals surface area contributed by atoms with Gasteiger partial charge in [0.05, 0.1) is 5.39 Å². The molecule has 0 radical (unpaired) electrons. The summed E-state index contributed by atoms with van der Waals surface area (Å²) in [6.07, 6.45) is 5.99. The normalized spacial score (nSPS) is 15.2. The summed E-state index contributed by atoms with van der Waals surface area (Å²) in [5.74, 6) is 2.48. The van der Waals surface area contributed by atoms with Crippen LogP contribution in [0.5, 0.6) is 0 Å². The fraction of sp³-hybridized carbons (Fsp3) is 0.536. The monoisotopic (exact) mass is 478 g/mol. The first-order valence-corrected chi connectivity index (χ1v) is 13.7. The molecule has 1 amide bonds. The molecule has 2 aromatic heterocycles. The van der Waals surface area contributed by atoms with E-state index >= 15 is 0 Å². The molecule has 6 heteroatoms. The number of aryl methyl sites for hydroxylation is 4. The van der Waals surface area contributed by atoms with Gasteiger partial charge >= 0.3 is 0 Å². The average molecular weight is 479 g/mol. The van der Waals surface area contributed by atoms with Crippen molar-refractivity contribution in [3.8, 4) is 0 Å². The average Bonchev–Trinajstić information content (AvgIpc) is 3.16. The fourth-order valence-corrected chi connectivity index (χ4v) is 5.91. The van der Waals surface area contributed by atoms with Crippen LogP contribution in [0.4, 0.5) is 5.82 Å². The Morgan fingerprint density at radius 3 is 2.44 bits per heavy atom. The van der Waals surface area contributed by atoms with Crippen LogP contribution in [0.15, 0.2) is 30.3 Å². The summed E-state index contributed by atoms with van der Waals surface area (Å²) < 4.78 is 0. The fourth-order valence-electron chi connectivity index (χ4n) is 4.86. The first-order valence-electron chi connectivity index (χ1n) is 12.9. The predicted molar refractivity (Wildman–Crippen MR) is 143 cm³/mol. The van der Waals surface area contributed by atoms with Crippen molar-refractivity contribution in [3.05, 3.63) is 52.2 Å². The Bertz CT molecular complexity index is 1100. The number of nitrogens with zero attached hydrogens (tertiary/aromatic N) is 4. The van der Waals surface area contributed by atoms with Gasteiger partial charge in [0.1, 0.15) is 16.5 Å². The number of fused-ring (bicyclic) bond motifs is 1. The van der Waals surface area contributed by atoms with Gasteiger partial charge in [0, 0.05) is 43.4 Å². The number of aromatic nitrogens is 2. The highest BCUT2D eigenvalue weighted by Gasteiger charge is 2.28. The molecule has 4 rings (SSSR count). The van der Waals surface area contributed by atoms with Gasteiger partial charge in [-0.1, -0.05) is 57.0 Å². The number of unbranched alkanes of at least 4 members (excludes halogenated alkanes) is 1. The lowest BCUT2D eigenvalue weighted by Gasteiger charge is -2.37. The minimum absolute atomic E-state index is 0.170. The van der Waals surface area contributed by atoms with E-state index in [1.54, 1.807) is 11.3 Å². The molecule has 0 bridgehead atoms. The third kappa shape index (κ3) is 5.43. The summed E-state index contributed by atoms with van der Waals surface area (Å²) in [5.41, 5.74) is 2.60. The van der Waals surface area contributed by atoms with Crippen molar-refractivity contribution in [2.24, 2.45) is 5.92 Å². The molecule has 3 aromatic rings. The number of rotatable bonds is 9. The van der Waals surface area contributed by atoms with Crippen LogP contribution in [0, 0.1) is 19.8 Å². The van der Waals surface area contributed by atoms with Gasteiger partial charge in [-0.2, -0.15) is 0 Å². The lowest BCUT2D eigenvalue weighted by molar-refractivity contribution is -0.136. The smallest absolute Gasteiger partial charge is 0.225 e. The van der Waals surface area contributed by atoms with E-state index in [4.69, 9.17) is 9.97 Å². The topological polar surface area (TPSA) is 49.3 Å². The van der Waals surface area contributed by atoms with E-state index in [1.165, 1.54) is 21.4 Å². The van der Waals surface area contributed by atoms with E-state index in [1.807, 2.05) is 0 Å². The molecular weight excluding hydrogens is 440 g/mol. The van der Waals surface area contributed by atoms with E-state index in [-0.39, 0.29) is 5.92 Å². The zero-order valence-electron chi connectivity index (χ0n) is 21.1. The molecule has 1 saturated heterocycles. The van der Waals surface area contributed by atoms with E-state index in [0.717, 1.165) is 81.2 Å². The highest BCUT2D eigenvalue weighted by Crippen LogP contribution is 2.35. The van der Waals surface area contributed by atoms with Crippen LogP contribution < -0.4 is 4.90 Å². The molecule has 1 atom stereocenters. The minimum atomic E-state index is 0.170. The second kappa shape index (κ2) is 11.3. The molecule has 1 aromatic carbocycles. The van der Waals surface area contributed by atoms with Crippen molar-refractivity contribution in [1.82, 2.24) is 14.9 Å². The number of benzene rings is 1. The van der Waals surface area contributed by atoms with Gasteiger partial charge in [-0.25, -0.2) is 9.97 Å². The van der Waals surface area contributed by atoms with Crippen LogP contribution in [0.3, 0.4) is 0 Å². The van der Waals surface area contributed by atoms with Crippen molar-refractivity contribution in [1.29, 1.82) is 0 Å². The van der Waals surface area contributed by atoms with Crippen LogP contribution in [0.1, 0.15) is 61.4 Å². The molecule has 5 nitrogen and oxygen atoms in total. The number of piperazine rings is 1. The van der Waals surface area contributed by atoms with Crippen LogP contribution in [-0.4, -0.2) is 47.0 Å². The minimum Gasteiger partial charge on any atom is -0.352 e. The van der Waals surface area contributed by atoms with Crippen molar-refractivity contribution in [3.63, 3.8) is 0 Å². The summed E-state index contributed by atoms with van der Waals surface area (Å²) in [6.45, 7) is 11.9. The van der Waals surface area contributed by atoms with E-state index in [2.05, 4.69) is 67.8 Å². The Hall–Kier alpha value is -2.47. The first kappa shape index (κ1) is 24.6. The molecule has 0 aliphatic carbocycles. The van der Waals surface area contributed by atoms with Crippen molar-refractivity contribution in [2.45, 2.75) is 66.2 Å². The quantitative estimate of drug-likeness (QED) is 0.381. The highest BCUT2D eigenvalue weighted by molar-refractivity contribution is 7.18. The SMILES string of the molecule is CCCCC(CC)C(=O)N1CCN(c2nc(CCc3ccccc3)nc3sc(C)c(C)c23)CC1. The molecule has 1 fully saturated rings. The Kier molecular flexibility index (Phi) is 8.19. The second-order valence-electron chi connectivity index (χ2n) is 9.47. The summed E-state index contributed by atoms with van der Waals surface area (Å²) in [5, 5.41) is 1.19. The molecule has 0 spiro atoms. The Morgan fingerprint density at radius 1 is 1.03 bits per heavy atom. The molecule has 1 aliphatic heterocycles. The maximum Gasteiger partial charge on any atom is 0.225 e. The number of anilines is 1. The molecule has 0 saturated carbocycles. The Labute approximate surface area is 208 Å². The van der Waals surface area contributed by atoms with Crippen molar-refractivity contribution < 1.29 is 4.79 Å². The third-order valence-electron chi connectivity index (χ3n) is 7.18. The second-order valence-corrected chi connectivity index (χ2v) is 10.7. The molecule has 0 N–H and O–H groups in total. The van der Waals surface area contributed by atoms with Gasteiger partial charge in [-0.15, -0.1) is 11.3 Å². The maximum atomic E-state index is 13.1. The number of amides is 1. The van der Waals surface area contributed by atoms with Crippen LogP contribution in [-0.2, 0) is 17.6 Å². The van der Waals surface area contributed by atoms with E-state index in [9.17, 15) is 4.79 Å². The Morgan fingerprint density at radius 2 is 1.76 bits per heavy atom. The lowest BCUT2D eigenvalue weighted by atomic mass is 9.97. The molecule has 3 heterocycles. The van der Waals surface area contributed by atoms with Gasteiger partial charge < -0.3 is 9.80 Å². The van der Waals surface area contributed by atoms with Gasteiger partial charge in [0.2, 0.25) is 5.91 Å².